The summed E-state index contributed by atoms with van der Waals surface area (Å²) < 4.78 is 4.77. The molecule has 0 unspecified atom stereocenters. The third-order valence-corrected chi connectivity index (χ3v) is 1.69. The number of nitrogens with zero attached hydrogens (tertiary/aromatic N) is 1. The fourth-order valence-electron chi connectivity index (χ4n) is 0.929. The fraction of sp³-hybridized carbons (Fsp3) is 0.600. The molecule has 4 nitrogen and oxygen atoms in total. The van der Waals surface area contributed by atoms with Crippen LogP contribution in [-0.4, -0.2) is 36.9 Å². The van der Waals surface area contributed by atoms with E-state index in [0.29, 0.717) is 6.61 Å². The molecule has 0 aromatic heterocycles. The molecular weight excluding hydrogens is 182 g/mol. The zero-order valence-corrected chi connectivity index (χ0v) is 9.16. The van der Waals surface area contributed by atoms with E-state index < -0.39 is 0 Å². The van der Waals surface area contributed by atoms with Gasteiger partial charge in [0, 0.05) is 12.7 Å². The molecule has 0 fully saturated rings. The number of hydrogen-bond donors (Lipinski definition) is 0. The normalized spacial score (nSPS) is 11.0. The predicted octanol–water partition coefficient (Wildman–Crippen LogP) is 0.974. The minimum Gasteiger partial charge on any atom is -0.465 e. The average molecular weight is 199 g/mol. The van der Waals surface area contributed by atoms with E-state index in [4.69, 9.17) is 4.74 Å². The molecule has 0 aliphatic rings. The lowest BCUT2D eigenvalue weighted by atomic mass is 10.3. The predicted molar refractivity (Wildman–Crippen MR) is 53.7 cm³/mol. The van der Waals surface area contributed by atoms with Crippen molar-refractivity contribution >= 4 is 11.8 Å². The molecule has 0 spiro atoms. The maximum atomic E-state index is 11.1. The second kappa shape index (κ2) is 6.18. The number of allylic oxidation sites excluding steroid dienone is 2. The summed E-state index contributed by atoms with van der Waals surface area (Å²) in [6, 6.07) is 0. The van der Waals surface area contributed by atoms with E-state index in [0.717, 1.165) is 5.70 Å². The van der Waals surface area contributed by atoms with Crippen molar-refractivity contribution in [1.82, 2.24) is 4.90 Å². The monoisotopic (exact) mass is 199 g/mol. The van der Waals surface area contributed by atoms with Crippen LogP contribution in [0.2, 0.25) is 0 Å². The van der Waals surface area contributed by atoms with Crippen molar-refractivity contribution in [2.45, 2.75) is 20.8 Å². The van der Waals surface area contributed by atoms with E-state index in [1.807, 2.05) is 0 Å². The minimum atomic E-state index is -0.286. The minimum absolute atomic E-state index is 0.0294. The highest BCUT2D eigenvalue weighted by atomic mass is 16.5. The van der Waals surface area contributed by atoms with Gasteiger partial charge in [-0.15, -0.1) is 0 Å². The zero-order chi connectivity index (χ0) is 11.1. The molecule has 0 aromatic carbocycles. The molecular formula is C10H17NO3. The van der Waals surface area contributed by atoms with Crippen LogP contribution in [0.15, 0.2) is 11.8 Å². The van der Waals surface area contributed by atoms with Gasteiger partial charge in [0.15, 0.2) is 5.78 Å². The first-order chi connectivity index (χ1) is 6.47. The third-order valence-electron chi connectivity index (χ3n) is 1.69. The first kappa shape index (κ1) is 12.7. The van der Waals surface area contributed by atoms with E-state index in [9.17, 15) is 9.59 Å². The first-order valence-corrected chi connectivity index (χ1v) is 4.53. The van der Waals surface area contributed by atoms with Gasteiger partial charge in [-0.3, -0.25) is 9.59 Å². The van der Waals surface area contributed by atoms with E-state index in [2.05, 4.69) is 0 Å². The van der Waals surface area contributed by atoms with Gasteiger partial charge in [-0.05, 0) is 26.8 Å². The van der Waals surface area contributed by atoms with Crippen LogP contribution in [0, 0.1) is 0 Å². The SMILES string of the molecule is CCOC(=O)CN(C)/C(C)=C\C(C)=O. The molecule has 0 saturated heterocycles. The lowest BCUT2D eigenvalue weighted by Gasteiger charge is -2.18. The number of ketones is 1. The number of hydrogen-bond acceptors (Lipinski definition) is 4. The van der Waals surface area contributed by atoms with Gasteiger partial charge in [0.05, 0.1) is 6.61 Å². The summed E-state index contributed by atoms with van der Waals surface area (Å²) in [6.07, 6.45) is 1.49. The van der Waals surface area contributed by atoms with Crippen LogP contribution in [0.3, 0.4) is 0 Å². The van der Waals surface area contributed by atoms with Crippen molar-refractivity contribution in [2.24, 2.45) is 0 Å². The zero-order valence-electron chi connectivity index (χ0n) is 9.16. The van der Waals surface area contributed by atoms with E-state index >= 15 is 0 Å². The number of ether oxygens (including phenoxy) is 1. The fourth-order valence-corrected chi connectivity index (χ4v) is 0.929. The molecule has 0 saturated carbocycles. The third kappa shape index (κ3) is 5.35. The van der Waals surface area contributed by atoms with Crippen LogP contribution in [0.4, 0.5) is 0 Å². The topological polar surface area (TPSA) is 46.6 Å². The smallest absolute Gasteiger partial charge is 0.325 e. The lowest BCUT2D eigenvalue weighted by Crippen LogP contribution is -2.26. The highest BCUT2D eigenvalue weighted by Gasteiger charge is 2.07. The molecule has 0 atom stereocenters. The van der Waals surface area contributed by atoms with Gasteiger partial charge in [0.25, 0.3) is 0 Å². The maximum Gasteiger partial charge on any atom is 0.325 e. The van der Waals surface area contributed by atoms with Crippen molar-refractivity contribution in [3.05, 3.63) is 11.8 Å². The van der Waals surface area contributed by atoms with Crippen LogP contribution in [0.5, 0.6) is 0 Å². The van der Waals surface area contributed by atoms with Crippen LogP contribution in [-0.2, 0) is 14.3 Å². The number of esters is 1. The van der Waals surface area contributed by atoms with Crippen LogP contribution < -0.4 is 0 Å². The van der Waals surface area contributed by atoms with E-state index in [-0.39, 0.29) is 18.3 Å². The molecule has 0 aliphatic heterocycles. The highest BCUT2D eigenvalue weighted by Crippen LogP contribution is 2.00. The summed E-state index contributed by atoms with van der Waals surface area (Å²) in [5.41, 5.74) is 0.755. The summed E-state index contributed by atoms with van der Waals surface area (Å²) >= 11 is 0. The van der Waals surface area contributed by atoms with Crippen LogP contribution in [0.1, 0.15) is 20.8 Å². The molecule has 0 radical (unpaired) electrons. The van der Waals surface area contributed by atoms with Gasteiger partial charge in [-0.2, -0.15) is 0 Å². The van der Waals surface area contributed by atoms with Gasteiger partial charge in [0.1, 0.15) is 6.54 Å². The number of carbonyl (C=O) groups is 2. The standard InChI is InChI=1S/C10H17NO3/c1-5-14-10(13)7-11(4)8(2)6-9(3)12/h6H,5,7H2,1-4H3/b8-6-. The Morgan fingerprint density at radius 1 is 1.36 bits per heavy atom. The Kier molecular flexibility index (Phi) is 5.60. The molecule has 0 aromatic rings. The summed E-state index contributed by atoms with van der Waals surface area (Å²) in [7, 11) is 1.74. The van der Waals surface area contributed by atoms with Crippen LogP contribution >= 0.6 is 0 Å². The van der Waals surface area contributed by atoms with Gasteiger partial charge in [-0.1, -0.05) is 0 Å². The molecule has 80 valence electrons. The molecule has 0 N–H and O–H groups in total. The Labute approximate surface area is 84.5 Å². The first-order valence-electron chi connectivity index (χ1n) is 4.53. The van der Waals surface area contributed by atoms with Crippen molar-refractivity contribution in [1.29, 1.82) is 0 Å². The second-order valence-electron chi connectivity index (χ2n) is 3.06. The summed E-state index contributed by atoms with van der Waals surface area (Å²) in [5.74, 6) is -0.315. The average Bonchev–Trinajstić information content (AvgIpc) is 2.02. The summed E-state index contributed by atoms with van der Waals surface area (Å²) in [4.78, 5) is 23.5. The Morgan fingerprint density at radius 3 is 2.36 bits per heavy atom. The lowest BCUT2D eigenvalue weighted by molar-refractivity contribution is -0.143. The Bertz CT molecular complexity index is 246. The summed E-state index contributed by atoms with van der Waals surface area (Å²) in [6.45, 7) is 5.56. The van der Waals surface area contributed by atoms with E-state index in [1.54, 1.807) is 25.8 Å². The van der Waals surface area contributed by atoms with Crippen molar-refractivity contribution < 1.29 is 14.3 Å². The summed E-state index contributed by atoms with van der Waals surface area (Å²) in [5, 5.41) is 0. The molecule has 0 bridgehead atoms. The Morgan fingerprint density at radius 2 is 1.93 bits per heavy atom. The van der Waals surface area contributed by atoms with E-state index in [1.165, 1.54) is 13.0 Å². The van der Waals surface area contributed by atoms with Gasteiger partial charge >= 0.3 is 5.97 Å². The van der Waals surface area contributed by atoms with Gasteiger partial charge < -0.3 is 9.64 Å². The van der Waals surface area contributed by atoms with Crippen molar-refractivity contribution in [3.8, 4) is 0 Å². The van der Waals surface area contributed by atoms with Gasteiger partial charge in [0.2, 0.25) is 0 Å². The molecule has 4 heteroatoms. The largest absolute Gasteiger partial charge is 0.465 e. The maximum absolute atomic E-state index is 11.1. The number of rotatable bonds is 5. The quantitative estimate of drug-likeness (QED) is 0.489. The molecule has 0 aliphatic carbocycles. The molecule has 14 heavy (non-hydrogen) atoms. The second-order valence-corrected chi connectivity index (χ2v) is 3.06. The van der Waals surface area contributed by atoms with Gasteiger partial charge in [-0.25, -0.2) is 0 Å². The number of carbonyl (C=O) groups excluding carboxylic acids is 2. The Balaban J connectivity index is 4.13. The van der Waals surface area contributed by atoms with Crippen LogP contribution in [0.25, 0.3) is 0 Å². The molecule has 0 heterocycles. The highest BCUT2D eigenvalue weighted by molar-refractivity contribution is 5.87. The molecule has 0 rings (SSSR count). The number of likely N-dealkylation sites (N-methyl/N-ethyl adjacent to an activating group) is 1. The van der Waals surface area contributed by atoms with Crippen molar-refractivity contribution in [2.75, 3.05) is 20.2 Å². The van der Waals surface area contributed by atoms with Crippen molar-refractivity contribution in [3.63, 3.8) is 0 Å². The molecule has 0 amide bonds. The Hall–Kier alpha value is -1.32.